The van der Waals surface area contributed by atoms with Crippen LogP contribution in [0.15, 0.2) is 65.1 Å². The van der Waals surface area contributed by atoms with E-state index in [1.165, 1.54) is 16.9 Å². The maximum Gasteiger partial charge on any atom is 0.230 e. The van der Waals surface area contributed by atoms with Gasteiger partial charge in [0.15, 0.2) is 10.3 Å². The SMILES string of the molecule is CC(=O)N(c1ccccc1)c1nc(CSc2nnc(C)n2-c2cccc(C)c2)cs1. The fraction of sp³-hybridized carbons (Fsp3) is 0.182. The highest BCUT2D eigenvalue weighted by Crippen LogP contribution is 2.31. The number of para-hydroxylation sites is 1. The molecular weight excluding hydrogens is 414 g/mol. The molecule has 0 aliphatic heterocycles. The third-order valence-electron chi connectivity index (χ3n) is 4.46. The number of nitrogens with zero attached hydrogens (tertiary/aromatic N) is 5. The minimum Gasteiger partial charge on any atom is -0.274 e. The molecule has 0 aliphatic rings. The molecule has 0 bridgehead atoms. The predicted molar refractivity (Wildman–Crippen MR) is 122 cm³/mol. The summed E-state index contributed by atoms with van der Waals surface area (Å²) in [5, 5.41) is 12.1. The number of aromatic nitrogens is 4. The van der Waals surface area contributed by atoms with Crippen molar-refractivity contribution in [2.75, 3.05) is 4.90 Å². The molecule has 0 radical (unpaired) electrons. The lowest BCUT2D eigenvalue weighted by molar-refractivity contribution is -0.115. The highest BCUT2D eigenvalue weighted by molar-refractivity contribution is 7.98. The van der Waals surface area contributed by atoms with Gasteiger partial charge >= 0.3 is 0 Å². The fourth-order valence-electron chi connectivity index (χ4n) is 3.11. The monoisotopic (exact) mass is 435 g/mol. The van der Waals surface area contributed by atoms with Crippen molar-refractivity contribution in [2.24, 2.45) is 0 Å². The first kappa shape index (κ1) is 20.3. The Kier molecular flexibility index (Phi) is 5.96. The first-order valence-electron chi connectivity index (χ1n) is 9.45. The van der Waals surface area contributed by atoms with Crippen LogP contribution in [0.25, 0.3) is 5.69 Å². The number of thiazole rings is 1. The van der Waals surface area contributed by atoms with Gasteiger partial charge in [-0.25, -0.2) is 4.98 Å². The second-order valence-electron chi connectivity index (χ2n) is 6.80. The highest BCUT2D eigenvalue weighted by Gasteiger charge is 2.18. The zero-order valence-corrected chi connectivity index (χ0v) is 18.6. The number of hydrogen-bond donors (Lipinski definition) is 0. The highest BCUT2D eigenvalue weighted by atomic mass is 32.2. The zero-order chi connectivity index (χ0) is 21.1. The van der Waals surface area contributed by atoms with Gasteiger partial charge in [0.05, 0.1) is 11.4 Å². The van der Waals surface area contributed by atoms with Gasteiger partial charge in [0.2, 0.25) is 5.91 Å². The van der Waals surface area contributed by atoms with E-state index in [1.54, 1.807) is 23.6 Å². The average molecular weight is 436 g/mol. The molecule has 152 valence electrons. The lowest BCUT2D eigenvalue weighted by atomic mass is 10.2. The first-order chi connectivity index (χ1) is 14.5. The quantitative estimate of drug-likeness (QED) is 0.384. The Morgan fingerprint density at radius 2 is 1.90 bits per heavy atom. The third kappa shape index (κ3) is 4.29. The summed E-state index contributed by atoms with van der Waals surface area (Å²) >= 11 is 3.04. The summed E-state index contributed by atoms with van der Waals surface area (Å²) in [5.41, 5.74) is 3.95. The van der Waals surface area contributed by atoms with E-state index < -0.39 is 0 Å². The normalized spacial score (nSPS) is 10.9. The number of amides is 1. The zero-order valence-electron chi connectivity index (χ0n) is 16.9. The molecule has 4 rings (SSSR count). The maximum absolute atomic E-state index is 12.2. The Hall–Kier alpha value is -2.97. The smallest absolute Gasteiger partial charge is 0.230 e. The number of anilines is 2. The van der Waals surface area contributed by atoms with Crippen molar-refractivity contribution in [1.82, 2.24) is 19.7 Å². The molecule has 0 spiro atoms. The lowest BCUT2D eigenvalue weighted by Crippen LogP contribution is -2.22. The van der Waals surface area contributed by atoms with Crippen LogP contribution in [0.4, 0.5) is 10.8 Å². The van der Waals surface area contributed by atoms with Gasteiger partial charge in [0.1, 0.15) is 5.82 Å². The Morgan fingerprint density at radius 1 is 1.10 bits per heavy atom. The number of hydrogen-bond acceptors (Lipinski definition) is 6. The molecule has 0 atom stereocenters. The maximum atomic E-state index is 12.2. The fourth-order valence-corrected chi connectivity index (χ4v) is 4.99. The molecule has 0 fully saturated rings. The summed E-state index contributed by atoms with van der Waals surface area (Å²) in [7, 11) is 0. The van der Waals surface area contributed by atoms with Gasteiger partial charge in [-0.2, -0.15) is 0 Å². The van der Waals surface area contributed by atoms with Gasteiger partial charge in [0.25, 0.3) is 0 Å². The molecular formula is C22H21N5OS2. The first-order valence-corrected chi connectivity index (χ1v) is 11.3. The van der Waals surface area contributed by atoms with E-state index in [0.717, 1.165) is 28.0 Å². The van der Waals surface area contributed by atoms with Gasteiger partial charge in [-0.3, -0.25) is 14.3 Å². The Morgan fingerprint density at radius 3 is 2.63 bits per heavy atom. The molecule has 0 saturated heterocycles. The molecule has 6 nitrogen and oxygen atoms in total. The number of benzene rings is 2. The van der Waals surface area contributed by atoms with Crippen LogP contribution in [-0.2, 0) is 10.5 Å². The lowest BCUT2D eigenvalue weighted by Gasteiger charge is -2.17. The van der Waals surface area contributed by atoms with Crippen molar-refractivity contribution in [2.45, 2.75) is 31.7 Å². The second-order valence-corrected chi connectivity index (χ2v) is 8.58. The average Bonchev–Trinajstić information content (AvgIpc) is 3.33. The molecule has 2 aromatic heterocycles. The predicted octanol–water partition coefficient (Wildman–Crippen LogP) is 5.32. The number of rotatable bonds is 6. The Balaban J connectivity index is 1.54. The van der Waals surface area contributed by atoms with Gasteiger partial charge in [0, 0.05) is 23.7 Å². The van der Waals surface area contributed by atoms with Gasteiger partial charge < -0.3 is 0 Å². The van der Waals surface area contributed by atoms with E-state index in [2.05, 4.69) is 39.9 Å². The van der Waals surface area contributed by atoms with Crippen LogP contribution in [0.1, 0.15) is 24.0 Å². The minimum atomic E-state index is -0.0652. The number of carbonyl (C=O) groups is 1. The van der Waals surface area contributed by atoms with Gasteiger partial charge in [-0.05, 0) is 43.7 Å². The largest absolute Gasteiger partial charge is 0.274 e. The minimum absolute atomic E-state index is 0.0652. The number of aryl methyl sites for hydroxylation is 2. The van der Waals surface area contributed by atoms with Crippen molar-refractivity contribution in [3.05, 3.63) is 77.1 Å². The van der Waals surface area contributed by atoms with Crippen molar-refractivity contribution in [3.63, 3.8) is 0 Å². The molecule has 1 amide bonds. The Bertz CT molecular complexity index is 1170. The summed E-state index contributed by atoms with van der Waals surface area (Å²) in [6.07, 6.45) is 0. The number of thioether (sulfide) groups is 1. The van der Waals surface area contributed by atoms with E-state index in [9.17, 15) is 4.79 Å². The second kappa shape index (κ2) is 8.81. The molecule has 2 aromatic carbocycles. The summed E-state index contributed by atoms with van der Waals surface area (Å²) in [5.74, 6) is 1.42. The van der Waals surface area contributed by atoms with Crippen LogP contribution in [0, 0.1) is 13.8 Å². The van der Waals surface area contributed by atoms with E-state index >= 15 is 0 Å². The molecule has 0 N–H and O–H groups in total. The van der Waals surface area contributed by atoms with Gasteiger partial charge in [-0.1, -0.05) is 42.1 Å². The summed E-state index contributed by atoms with van der Waals surface area (Å²) in [6, 6.07) is 17.8. The van der Waals surface area contributed by atoms with Crippen LogP contribution in [0.3, 0.4) is 0 Å². The van der Waals surface area contributed by atoms with E-state index in [4.69, 9.17) is 4.98 Å². The van der Waals surface area contributed by atoms with Crippen LogP contribution in [0.5, 0.6) is 0 Å². The molecule has 0 aliphatic carbocycles. The number of carbonyl (C=O) groups excluding carboxylic acids is 1. The van der Waals surface area contributed by atoms with Crippen molar-refractivity contribution >= 4 is 39.8 Å². The standard InChI is InChI=1S/C22H21N5OS2/c1-15-8-7-11-20(12-15)26-16(2)24-25-22(26)30-14-18-13-29-21(23-18)27(17(3)28)19-9-5-4-6-10-19/h4-13H,14H2,1-3H3. The summed E-state index contributed by atoms with van der Waals surface area (Å²) < 4.78 is 2.05. The van der Waals surface area contributed by atoms with Crippen LogP contribution in [0.2, 0.25) is 0 Å². The van der Waals surface area contributed by atoms with Crippen LogP contribution >= 0.6 is 23.1 Å². The van der Waals surface area contributed by atoms with E-state index in [-0.39, 0.29) is 5.91 Å². The molecule has 0 unspecified atom stereocenters. The molecule has 0 saturated carbocycles. The Labute approximate surface area is 183 Å². The van der Waals surface area contributed by atoms with Crippen molar-refractivity contribution in [1.29, 1.82) is 0 Å². The van der Waals surface area contributed by atoms with Crippen LogP contribution in [-0.4, -0.2) is 25.7 Å². The summed E-state index contributed by atoms with van der Waals surface area (Å²) in [6.45, 7) is 5.57. The molecule has 2 heterocycles. The topological polar surface area (TPSA) is 63.9 Å². The third-order valence-corrected chi connectivity index (χ3v) is 6.30. The van der Waals surface area contributed by atoms with Crippen LogP contribution < -0.4 is 4.90 Å². The van der Waals surface area contributed by atoms with Gasteiger partial charge in [-0.15, -0.1) is 21.5 Å². The summed E-state index contributed by atoms with van der Waals surface area (Å²) in [4.78, 5) is 18.6. The molecule has 4 aromatic rings. The van der Waals surface area contributed by atoms with Crippen molar-refractivity contribution in [3.8, 4) is 5.69 Å². The van der Waals surface area contributed by atoms with Crippen molar-refractivity contribution < 1.29 is 4.79 Å². The van der Waals surface area contributed by atoms with E-state index in [1.807, 2.05) is 48.7 Å². The molecule has 30 heavy (non-hydrogen) atoms. The van der Waals surface area contributed by atoms with E-state index in [0.29, 0.717) is 10.9 Å². The molecule has 8 heteroatoms.